The Morgan fingerprint density at radius 2 is 1.72 bits per heavy atom. The number of aromatic nitrogens is 4. The van der Waals surface area contributed by atoms with Crippen molar-refractivity contribution in [3.63, 3.8) is 0 Å². The van der Waals surface area contributed by atoms with E-state index < -0.39 is 0 Å². The van der Waals surface area contributed by atoms with Crippen LogP contribution in [-0.2, 0) is 0 Å². The summed E-state index contributed by atoms with van der Waals surface area (Å²) in [4.78, 5) is 20.1. The lowest BCUT2D eigenvalue weighted by molar-refractivity contribution is 0.428. The zero-order valence-electron chi connectivity index (χ0n) is 14.2. The number of rotatable bonds is 4. The first kappa shape index (κ1) is 16.2. The molecule has 1 aliphatic rings. The Morgan fingerprint density at radius 3 is 2.44 bits per heavy atom. The molecule has 0 saturated carbocycles. The summed E-state index contributed by atoms with van der Waals surface area (Å²) < 4.78 is 2.44. The minimum Gasteiger partial charge on any atom is -0.354 e. The Hall–Kier alpha value is -2.25. The van der Waals surface area contributed by atoms with Gasteiger partial charge in [-0.15, -0.1) is 0 Å². The van der Waals surface area contributed by atoms with E-state index in [4.69, 9.17) is 0 Å². The van der Waals surface area contributed by atoms with Gasteiger partial charge in [-0.3, -0.25) is 15.0 Å². The maximum atomic E-state index is 4.65. The van der Waals surface area contributed by atoms with Gasteiger partial charge in [0.1, 0.15) is 11.3 Å². The van der Waals surface area contributed by atoms with Crippen molar-refractivity contribution < 1.29 is 0 Å². The van der Waals surface area contributed by atoms with Gasteiger partial charge in [0.15, 0.2) is 0 Å². The van der Waals surface area contributed by atoms with Crippen molar-refractivity contribution in [3.8, 4) is 11.3 Å². The second kappa shape index (κ2) is 7.33. The molecule has 0 N–H and O–H groups in total. The lowest BCUT2D eigenvalue weighted by Gasteiger charge is -2.34. The topological polar surface area (TPSA) is 58.0 Å². The van der Waals surface area contributed by atoms with Gasteiger partial charge in [-0.25, -0.2) is 9.29 Å². The minimum absolute atomic E-state index is 0.804. The zero-order valence-corrected chi connectivity index (χ0v) is 15.0. The van der Waals surface area contributed by atoms with E-state index in [0.717, 1.165) is 60.0 Å². The lowest BCUT2D eigenvalue weighted by Crippen LogP contribution is -2.43. The van der Waals surface area contributed by atoms with E-state index in [-0.39, 0.29) is 0 Å². The van der Waals surface area contributed by atoms with Crippen molar-refractivity contribution in [1.29, 1.82) is 0 Å². The van der Waals surface area contributed by atoms with Gasteiger partial charge in [0.05, 0.1) is 17.4 Å². The van der Waals surface area contributed by atoms with E-state index in [0.29, 0.717) is 0 Å². The van der Waals surface area contributed by atoms with Crippen molar-refractivity contribution in [2.24, 2.45) is 0 Å². The predicted octanol–water partition coefficient (Wildman–Crippen LogP) is 2.88. The van der Waals surface area contributed by atoms with E-state index in [1.165, 1.54) is 0 Å². The molecule has 0 radical (unpaired) electrons. The summed E-state index contributed by atoms with van der Waals surface area (Å²) in [5, 5.41) is 0. The molecule has 6 nitrogen and oxygen atoms in total. The van der Waals surface area contributed by atoms with Crippen molar-refractivity contribution in [3.05, 3.63) is 43.0 Å². The molecule has 0 atom stereocenters. The van der Waals surface area contributed by atoms with E-state index in [9.17, 15) is 0 Å². The summed E-state index contributed by atoms with van der Waals surface area (Å²) in [7, 11) is 0. The highest BCUT2D eigenvalue weighted by molar-refractivity contribution is 7.96. The summed E-state index contributed by atoms with van der Waals surface area (Å²) in [6, 6.07) is 6.13. The zero-order chi connectivity index (χ0) is 17.1. The molecule has 0 spiro atoms. The van der Waals surface area contributed by atoms with Gasteiger partial charge < -0.3 is 4.90 Å². The van der Waals surface area contributed by atoms with Crippen molar-refractivity contribution in [2.75, 3.05) is 36.8 Å². The quantitative estimate of drug-likeness (QED) is 0.669. The average Bonchev–Trinajstić information content (AvgIpc) is 2.69. The molecule has 128 valence electrons. The van der Waals surface area contributed by atoms with Crippen LogP contribution in [0, 0.1) is 0 Å². The van der Waals surface area contributed by atoms with E-state index >= 15 is 0 Å². The molecule has 0 aliphatic carbocycles. The summed E-state index contributed by atoms with van der Waals surface area (Å²) in [6.45, 7) is 6.38. The average molecular weight is 352 g/mol. The third-order valence-electron chi connectivity index (χ3n) is 4.27. The summed E-state index contributed by atoms with van der Waals surface area (Å²) in [6.07, 6.45) is 7.03. The monoisotopic (exact) mass is 352 g/mol. The second-order valence-corrected chi connectivity index (χ2v) is 7.21. The first-order valence-electron chi connectivity index (χ1n) is 8.49. The number of anilines is 1. The van der Waals surface area contributed by atoms with E-state index in [2.05, 4.69) is 48.2 Å². The van der Waals surface area contributed by atoms with Crippen molar-refractivity contribution >= 4 is 28.8 Å². The molecule has 4 rings (SSSR count). The van der Waals surface area contributed by atoms with E-state index in [1.54, 1.807) is 18.6 Å². The first-order valence-corrected chi connectivity index (χ1v) is 9.44. The standard InChI is InChI=1S/C18H20N6S/c1-2-25-24-9-7-23(8-10-24)18-4-3-14(12-22-18)15-11-16-17(13-21-15)20-6-5-19-16/h3-6,11-13H,2,7-10H2,1H3. The fraction of sp³-hybridized carbons (Fsp3) is 0.333. The maximum absolute atomic E-state index is 4.65. The van der Waals surface area contributed by atoms with Crippen LogP contribution < -0.4 is 4.90 Å². The first-order chi connectivity index (χ1) is 12.3. The Balaban J connectivity index is 1.50. The lowest BCUT2D eigenvalue weighted by atomic mass is 10.2. The smallest absolute Gasteiger partial charge is 0.128 e. The molecule has 1 fully saturated rings. The fourth-order valence-electron chi connectivity index (χ4n) is 2.98. The Labute approximate surface area is 151 Å². The fourth-order valence-corrected chi connectivity index (χ4v) is 3.77. The molecule has 7 heteroatoms. The van der Waals surface area contributed by atoms with Gasteiger partial charge >= 0.3 is 0 Å². The molecule has 0 unspecified atom stereocenters. The SMILES string of the molecule is CCSN1CCN(c2ccc(-c3cc4nccnc4cn3)cn2)CC1. The predicted molar refractivity (Wildman–Crippen MR) is 102 cm³/mol. The maximum Gasteiger partial charge on any atom is 0.128 e. The van der Waals surface area contributed by atoms with Crippen LogP contribution in [0.25, 0.3) is 22.3 Å². The molecule has 0 bridgehead atoms. The molecule has 1 aliphatic heterocycles. The third-order valence-corrected chi connectivity index (χ3v) is 5.26. The molecule has 1 saturated heterocycles. The van der Waals surface area contributed by atoms with Crippen LogP contribution in [0.3, 0.4) is 0 Å². The normalized spacial score (nSPS) is 15.6. The Kier molecular flexibility index (Phi) is 4.76. The van der Waals surface area contributed by atoms with Gasteiger partial charge in [-0.05, 0) is 18.2 Å². The summed E-state index contributed by atoms with van der Waals surface area (Å²) >= 11 is 1.92. The molecular weight excluding hydrogens is 332 g/mol. The van der Waals surface area contributed by atoms with Gasteiger partial charge in [0.2, 0.25) is 0 Å². The summed E-state index contributed by atoms with van der Waals surface area (Å²) in [5.41, 5.74) is 3.52. The Bertz CT molecular complexity index is 846. The molecule has 3 aromatic rings. The van der Waals surface area contributed by atoms with Crippen LogP contribution in [0.1, 0.15) is 6.92 Å². The molecule has 0 aromatic carbocycles. The van der Waals surface area contributed by atoms with Gasteiger partial charge in [-0.2, -0.15) is 0 Å². The third kappa shape index (κ3) is 3.57. The number of hydrogen-bond donors (Lipinski definition) is 0. The number of fused-ring (bicyclic) bond motifs is 1. The largest absolute Gasteiger partial charge is 0.354 e. The Morgan fingerprint density at radius 1 is 0.920 bits per heavy atom. The molecule has 25 heavy (non-hydrogen) atoms. The van der Waals surface area contributed by atoms with Crippen LogP contribution in [0.5, 0.6) is 0 Å². The van der Waals surface area contributed by atoms with Gasteiger partial charge in [-0.1, -0.05) is 18.9 Å². The van der Waals surface area contributed by atoms with Crippen LogP contribution >= 0.6 is 11.9 Å². The highest BCUT2D eigenvalue weighted by atomic mass is 32.2. The van der Waals surface area contributed by atoms with Crippen molar-refractivity contribution in [2.45, 2.75) is 6.92 Å². The highest BCUT2D eigenvalue weighted by Gasteiger charge is 2.17. The number of pyridine rings is 2. The summed E-state index contributed by atoms with van der Waals surface area (Å²) in [5.74, 6) is 2.17. The van der Waals surface area contributed by atoms with E-state index in [1.807, 2.05) is 24.2 Å². The molecule has 3 aromatic heterocycles. The van der Waals surface area contributed by atoms with Crippen molar-refractivity contribution in [1.82, 2.24) is 24.2 Å². The molecule has 4 heterocycles. The molecular formula is C18H20N6S. The van der Waals surface area contributed by atoms with Crippen LogP contribution in [-0.4, -0.2) is 56.2 Å². The highest BCUT2D eigenvalue weighted by Crippen LogP contribution is 2.23. The number of piperazine rings is 1. The second-order valence-electron chi connectivity index (χ2n) is 5.85. The van der Waals surface area contributed by atoms with Crippen LogP contribution in [0.4, 0.5) is 5.82 Å². The molecule has 0 amide bonds. The van der Waals surface area contributed by atoms with Gasteiger partial charge in [0.25, 0.3) is 0 Å². The van der Waals surface area contributed by atoms with Crippen LogP contribution in [0.2, 0.25) is 0 Å². The number of hydrogen-bond acceptors (Lipinski definition) is 7. The minimum atomic E-state index is 0.804. The van der Waals surface area contributed by atoms with Gasteiger partial charge in [0, 0.05) is 56.1 Å². The number of nitrogens with zero attached hydrogens (tertiary/aromatic N) is 6. The van der Waals surface area contributed by atoms with Crippen LogP contribution in [0.15, 0.2) is 43.0 Å².